The lowest BCUT2D eigenvalue weighted by atomic mass is 9.49. The maximum Gasteiger partial charge on any atom is 0.329 e. The van der Waals surface area contributed by atoms with E-state index >= 15 is 0 Å². The fourth-order valence-corrected chi connectivity index (χ4v) is 7.28. The third kappa shape index (κ3) is 4.60. The molecule has 8 nitrogen and oxygen atoms in total. The molecule has 6 rings (SSSR count). The summed E-state index contributed by atoms with van der Waals surface area (Å²) in [5.74, 6) is 0.527. The third-order valence-electron chi connectivity index (χ3n) is 8.52. The van der Waals surface area contributed by atoms with Crippen LogP contribution in [0.5, 0.6) is 0 Å². The average Bonchev–Trinajstić information content (AvgIpc) is 3.19. The van der Waals surface area contributed by atoms with Crippen LogP contribution in [0.3, 0.4) is 0 Å². The van der Waals surface area contributed by atoms with Gasteiger partial charge in [-0.1, -0.05) is 0 Å². The number of β-amino-alcohol motifs (C(OH)–C–C–N with tert-alkyl or cyclic N) is 1. The number of esters is 1. The summed E-state index contributed by atoms with van der Waals surface area (Å²) in [6.45, 7) is 3.07. The van der Waals surface area contributed by atoms with Gasteiger partial charge in [0.1, 0.15) is 6.04 Å². The molecule has 1 heterocycles. The van der Waals surface area contributed by atoms with Gasteiger partial charge in [-0.25, -0.2) is 4.79 Å². The highest BCUT2D eigenvalue weighted by Gasteiger charge is 2.57. The van der Waals surface area contributed by atoms with Crippen molar-refractivity contribution in [2.24, 2.45) is 23.2 Å². The Morgan fingerprint density at radius 1 is 1.00 bits per heavy atom. The minimum Gasteiger partial charge on any atom is -0.451 e. The van der Waals surface area contributed by atoms with Gasteiger partial charge in [0.25, 0.3) is 5.91 Å². The largest absolute Gasteiger partial charge is 0.451 e. The van der Waals surface area contributed by atoms with Crippen molar-refractivity contribution >= 4 is 29.3 Å². The molecule has 4 bridgehead atoms. The molecule has 4 saturated carbocycles. The van der Waals surface area contributed by atoms with Crippen LogP contribution in [0.25, 0.3) is 0 Å². The van der Waals surface area contributed by atoms with Crippen molar-refractivity contribution in [3.63, 3.8) is 0 Å². The molecule has 8 heteroatoms. The minimum absolute atomic E-state index is 0.0160. The Kier molecular flexibility index (Phi) is 6.20. The second-order valence-electron chi connectivity index (χ2n) is 11.3. The van der Waals surface area contributed by atoms with Crippen LogP contribution in [0.15, 0.2) is 24.3 Å². The third-order valence-corrected chi connectivity index (χ3v) is 8.52. The van der Waals surface area contributed by atoms with E-state index in [0.717, 1.165) is 19.3 Å². The summed E-state index contributed by atoms with van der Waals surface area (Å²) in [6, 6.07) is 5.58. The van der Waals surface area contributed by atoms with Crippen LogP contribution in [0.4, 0.5) is 5.69 Å². The van der Waals surface area contributed by atoms with E-state index in [2.05, 4.69) is 5.32 Å². The van der Waals surface area contributed by atoms with E-state index in [1.807, 2.05) is 0 Å². The maximum atomic E-state index is 13.8. The Bertz CT molecular complexity index is 999. The lowest BCUT2D eigenvalue weighted by Gasteiger charge is -2.56. The molecule has 1 aromatic carbocycles. The first kappa shape index (κ1) is 24.0. The number of hydrogen-bond donors (Lipinski definition) is 2. The number of ether oxygens (including phenoxy) is 1. The van der Waals surface area contributed by atoms with Gasteiger partial charge in [0.15, 0.2) is 11.9 Å². The van der Waals surface area contributed by atoms with Gasteiger partial charge in [0.2, 0.25) is 5.91 Å². The Labute approximate surface area is 205 Å². The van der Waals surface area contributed by atoms with Gasteiger partial charge in [-0.3, -0.25) is 14.4 Å². The van der Waals surface area contributed by atoms with E-state index in [1.165, 1.54) is 38.0 Å². The highest BCUT2D eigenvalue weighted by atomic mass is 16.5. The predicted octanol–water partition coefficient (Wildman–Crippen LogP) is 2.94. The average molecular weight is 483 g/mol. The molecule has 1 aliphatic heterocycles. The number of aliphatic hydroxyl groups is 1. The number of aliphatic hydroxyl groups excluding tert-OH is 1. The van der Waals surface area contributed by atoms with Gasteiger partial charge in [-0.15, -0.1) is 0 Å². The summed E-state index contributed by atoms with van der Waals surface area (Å²) in [6.07, 6.45) is 4.55. The number of nitrogens with zero attached hydrogens (tertiary/aromatic N) is 1. The minimum atomic E-state index is -1.08. The van der Waals surface area contributed by atoms with Crippen LogP contribution >= 0.6 is 0 Å². The summed E-state index contributed by atoms with van der Waals surface area (Å²) in [5.41, 5.74) is 0.607. The number of rotatable bonds is 6. The Morgan fingerprint density at radius 2 is 1.57 bits per heavy atom. The number of anilines is 1. The van der Waals surface area contributed by atoms with Crippen LogP contribution in [0.2, 0.25) is 0 Å². The Hall–Kier alpha value is -2.74. The summed E-state index contributed by atoms with van der Waals surface area (Å²) in [4.78, 5) is 52.4. The summed E-state index contributed by atoms with van der Waals surface area (Å²) in [5, 5.41) is 13.0. The van der Waals surface area contributed by atoms with Crippen molar-refractivity contribution in [2.75, 3.05) is 11.9 Å². The highest BCUT2D eigenvalue weighted by Crippen LogP contribution is 2.60. The second kappa shape index (κ2) is 9.04. The molecule has 2 N–H and O–H groups in total. The van der Waals surface area contributed by atoms with Crippen molar-refractivity contribution in [3.05, 3.63) is 29.8 Å². The zero-order chi connectivity index (χ0) is 24.9. The van der Waals surface area contributed by atoms with Crippen LogP contribution in [-0.2, 0) is 19.1 Å². The molecule has 5 aliphatic rings. The van der Waals surface area contributed by atoms with E-state index in [-0.39, 0.29) is 24.7 Å². The molecule has 2 unspecified atom stereocenters. The van der Waals surface area contributed by atoms with Gasteiger partial charge in [0, 0.05) is 24.2 Å². The number of ketones is 1. The molecule has 1 aromatic rings. The fraction of sp³-hybridized carbons (Fsp3) is 0.630. The van der Waals surface area contributed by atoms with E-state index in [4.69, 9.17) is 4.74 Å². The fourth-order valence-electron chi connectivity index (χ4n) is 7.28. The van der Waals surface area contributed by atoms with E-state index < -0.39 is 35.5 Å². The second-order valence-corrected chi connectivity index (χ2v) is 11.3. The monoisotopic (exact) mass is 482 g/mol. The van der Waals surface area contributed by atoms with Crippen LogP contribution in [0.1, 0.15) is 69.2 Å². The quantitative estimate of drug-likeness (QED) is 0.476. The predicted molar refractivity (Wildman–Crippen MR) is 127 cm³/mol. The molecule has 4 aliphatic carbocycles. The number of carbonyl (C=O) groups excluding carboxylic acids is 4. The smallest absolute Gasteiger partial charge is 0.329 e. The van der Waals surface area contributed by atoms with Crippen LogP contribution in [-0.4, -0.2) is 58.4 Å². The number of nitrogens with one attached hydrogen (secondary N) is 1. The lowest BCUT2D eigenvalue weighted by Crippen LogP contribution is -2.56. The molecule has 0 spiro atoms. The summed E-state index contributed by atoms with van der Waals surface area (Å²) < 4.78 is 5.47. The van der Waals surface area contributed by atoms with E-state index in [0.29, 0.717) is 29.0 Å². The molecular formula is C27H34N2O6. The molecule has 3 atom stereocenters. The summed E-state index contributed by atoms with van der Waals surface area (Å²) in [7, 11) is 0. The van der Waals surface area contributed by atoms with Crippen molar-refractivity contribution < 1.29 is 29.0 Å². The number of Topliss-reactive ketones (excluding diaryl/α,β-unsaturated/α-hetero) is 1. The van der Waals surface area contributed by atoms with E-state index in [9.17, 15) is 24.3 Å². The highest BCUT2D eigenvalue weighted by molar-refractivity contribution is 5.97. The zero-order valence-electron chi connectivity index (χ0n) is 20.4. The number of benzene rings is 1. The summed E-state index contributed by atoms with van der Waals surface area (Å²) >= 11 is 0. The van der Waals surface area contributed by atoms with Crippen molar-refractivity contribution in [1.29, 1.82) is 0 Å². The Balaban J connectivity index is 1.23. The molecule has 188 valence electrons. The van der Waals surface area contributed by atoms with Crippen LogP contribution in [0, 0.1) is 23.2 Å². The molecule has 35 heavy (non-hydrogen) atoms. The molecular weight excluding hydrogens is 448 g/mol. The van der Waals surface area contributed by atoms with Crippen molar-refractivity contribution in [1.82, 2.24) is 4.90 Å². The number of carbonyl (C=O) groups is 4. The molecule has 0 aromatic heterocycles. The number of amides is 2. The van der Waals surface area contributed by atoms with Gasteiger partial charge >= 0.3 is 5.97 Å². The van der Waals surface area contributed by atoms with Crippen molar-refractivity contribution in [3.8, 4) is 0 Å². The molecule has 5 fully saturated rings. The normalized spacial score (nSPS) is 33.9. The molecule has 0 radical (unpaired) electrons. The van der Waals surface area contributed by atoms with Gasteiger partial charge in [-0.05, 0) is 94.4 Å². The Morgan fingerprint density at radius 3 is 2.11 bits per heavy atom. The van der Waals surface area contributed by atoms with Gasteiger partial charge in [-0.2, -0.15) is 0 Å². The van der Waals surface area contributed by atoms with Crippen LogP contribution < -0.4 is 5.32 Å². The maximum absolute atomic E-state index is 13.8. The van der Waals surface area contributed by atoms with Gasteiger partial charge in [0.05, 0.1) is 11.5 Å². The zero-order valence-corrected chi connectivity index (χ0v) is 20.4. The van der Waals surface area contributed by atoms with E-state index in [1.54, 1.807) is 24.3 Å². The first-order valence-corrected chi connectivity index (χ1v) is 12.7. The van der Waals surface area contributed by atoms with Crippen molar-refractivity contribution in [2.45, 2.75) is 77.0 Å². The lowest BCUT2D eigenvalue weighted by molar-refractivity contribution is -0.168. The topological polar surface area (TPSA) is 113 Å². The number of hydrogen-bond acceptors (Lipinski definition) is 6. The SMILES string of the molecule is CC(=O)c1ccc(NC(=O)C(C)OC(=O)[C@@H]2CC(O)CN2C(=O)C23CC4CC(CC(C4)C2)C3)cc1. The molecule has 2 amide bonds. The first-order valence-electron chi connectivity index (χ1n) is 12.7. The molecule has 1 saturated heterocycles. The first-order chi connectivity index (χ1) is 16.6. The standard InChI is InChI=1S/C27H34N2O6/c1-15(30)20-3-5-21(6-4-20)28-24(32)16(2)35-25(33)23-10-22(31)14-29(23)26(34)27-11-17-7-18(12-27)9-19(8-17)13-27/h3-6,16-19,22-23,31H,7-14H2,1-2H3,(H,28,32)/t16?,17?,18?,19?,22?,23-,27?/m0/s1. The van der Waals surface area contributed by atoms with Gasteiger partial charge < -0.3 is 20.1 Å². The number of likely N-dealkylation sites (tertiary alicyclic amines) is 1.